The van der Waals surface area contributed by atoms with E-state index in [0.29, 0.717) is 38.9 Å². The lowest BCUT2D eigenvalue weighted by Crippen LogP contribution is -2.34. The minimum atomic E-state index is -0.683. The summed E-state index contributed by atoms with van der Waals surface area (Å²) in [6.07, 6.45) is 0. The van der Waals surface area contributed by atoms with Gasteiger partial charge in [0.1, 0.15) is 0 Å². The van der Waals surface area contributed by atoms with E-state index in [1.807, 2.05) is 12.1 Å². The number of aromatic amines is 1. The van der Waals surface area contributed by atoms with Gasteiger partial charge in [0, 0.05) is 12.6 Å². The third-order valence-corrected chi connectivity index (χ3v) is 4.22. The highest BCUT2D eigenvalue weighted by Gasteiger charge is 2.14. The lowest BCUT2D eigenvalue weighted by molar-refractivity contribution is 0.432. The summed E-state index contributed by atoms with van der Waals surface area (Å²) in [6.45, 7) is 0. The molecule has 0 aliphatic carbocycles. The molecular formula is C17H11ClN4O3. The van der Waals surface area contributed by atoms with Crippen LogP contribution >= 0.6 is 11.6 Å². The van der Waals surface area contributed by atoms with Gasteiger partial charge in [-0.2, -0.15) is 4.98 Å². The molecule has 0 aliphatic rings. The molecule has 0 bridgehead atoms. The van der Waals surface area contributed by atoms with E-state index in [1.165, 1.54) is 4.57 Å². The summed E-state index contributed by atoms with van der Waals surface area (Å²) in [5.41, 5.74) is 1.10. The fourth-order valence-electron chi connectivity index (χ4n) is 2.59. The second kappa shape index (κ2) is 5.71. The van der Waals surface area contributed by atoms with Crippen molar-refractivity contribution < 1.29 is 4.52 Å². The fraction of sp³-hybridized carbons (Fsp3) is 0.0588. The van der Waals surface area contributed by atoms with Gasteiger partial charge in [-0.15, -0.1) is 0 Å². The van der Waals surface area contributed by atoms with E-state index in [0.717, 1.165) is 0 Å². The van der Waals surface area contributed by atoms with Crippen molar-refractivity contribution in [3.8, 4) is 22.8 Å². The number of nitrogens with one attached hydrogen (secondary N) is 1. The maximum absolute atomic E-state index is 11.7. The largest absolute Gasteiger partial charge is 0.334 e. The SMILES string of the molecule is Cn1c(=O)c(=O)[nH]c2cc(-c3noc(-c4ccccc4Cl)n3)ccc21. The molecule has 2 aromatic carbocycles. The minimum Gasteiger partial charge on any atom is -0.334 e. The maximum atomic E-state index is 11.7. The number of halogens is 1. The molecular weight excluding hydrogens is 344 g/mol. The molecule has 8 heteroatoms. The van der Waals surface area contributed by atoms with Crippen LogP contribution < -0.4 is 11.1 Å². The van der Waals surface area contributed by atoms with E-state index < -0.39 is 11.1 Å². The molecule has 25 heavy (non-hydrogen) atoms. The van der Waals surface area contributed by atoms with Crippen LogP contribution in [-0.4, -0.2) is 19.7 Å². The summed E-state index contributed by atoms with van der Waals surface area (Å²) in [7, 11) is 1.55. The predicted molar refractivity (Wildman–Crippen MR) is 93.5 cm³/mol. The lowest BCUT2D eigenvalue weighted by Gasteiger charge is -2.04. The van der Waals surface area contributed by atoms with E-state index in [1.54, 1.807) is 37.4 Å². The number of hydrogen-bond donors (Lipinski definition) is 1. The number of benzene rings is 2. The van der Waals surface area contributed by atoms with Gasteiger partial charge in [0.25, 0.3) is 5.89 Å². The quantitative estimate of drug-likeness (QED) is 0.558. The van der Waals surface area contributed by atoms with Crippen LogP contribution in [0.5, 0.6) is 0 Å². The summed E-state index contributed by atoms with van der Waals surface area (Å²) in [4.78, 5) is 30.3. The number of fused-ring (bicyclic) bond motifs is 1. The molecule has 0 spiro atoms. The molecule has 0 amide bonds. The number of H-pyrrole nitrogens is 1. The van der Waals surface area contributed by atoms with Crippen molar-refractivity contribution in [1.29, 1.82) is 0 Å². The Labute approximate surface area is 145 Å². The molecule has 2 heterocycles. The molecule has 4 aromatic rings. The van der Waals surface area contributed by atoms with Crippen molar-refractivity contribution in [1.82, 2.24) is 19.7 Å². The van der Waals surface area contributed by atoms with Gasteiger partial charge in [-0.05, 0) is 30.3 Å². The average molecular weight is 355 g/mol. The van der Waals surface area contributed by atoms with Gasteiger partial charge < -0.3 is 14.1 Å². The van der Waals surface area contributed by atoms with Crippen LogP contribution in [0.4, 0.5) is 0 Å². The molecule has 0 fully saturated rings. The van der Waals surface area contributed by atoms with Crippen LogP contribution in [0.3, 0.4) is 0 Å². The molecule has 124 valence electrons. The first-order valence-electron chi connectivity index (χ1n) is 7.36. The normalized spacial score (nSPS) is 11.1. The topological polar surface area (TPSA) is 93.8 Å². The zero-order valence-corrected chi connectivity index (χ0v) is 13.7. The monoisotopic (exact) mass is 354 g/mol. The molecule has 1 N–H and O–H groups in total. The summed E-state index contributed by atoms with van der Waals surface area (Å²) < 4.78 is 6.59. The Kier molecular flexibility index (Phi) is 3.51. The van der Waals surface area contributed by atoms with Crippen molar-refractivity contribution in [3.63, 3.8) is 0 Å². The molecule has 0 atom stereocenters. The molecule has 4 rings (SSSR count). The third kappa shape index (κ3) is 2.54. The Bertz CT molecular complexity index is 1220. The standard InChI is InChI=1S/C17H11ClN4O3/c1-22-13-7-6-9(8-12(13)19-15(23)17(22)24)14-20-16(25-21-14)10-4-2-3-5-11(10)18/h2-8H,1H3,(H,19,23). The summed E-state index contributed by atoms with van der Waals surface area (Å²) in [5, 5.41) is 4.48. The van der Waals surface area contributed by atoms with E-state index in [2.05, 4.69) is 15.1 Å². The number of rotatable bonds is 2. The van der Waals surface area contributed by atoms with Crippen LogP contribution in [0.1, 0.15) is 0 Å². The average Bonchev–Trinajstić information content (AvgIpc) is 3.09. The van der Waals surface area contributed by atoms with Crippen LogP contribution in [0.25, 0.3) is 33.9 Å². The fourth-order valence-corrected chi connectivity index (χ4v) is 2.81. The second-order valence-electron chi connectivity index (χ2n) is 5.45. The first-order valence-corrected chi connectivity index (χ1v) is 7.74. The summed E-state index contributed by atoms with van der Waals surface area (Å²) in [6, 6.07) is 12.3. The first-order chi connectivity index (χ1) is 12.0. The van der Waals surface area contributed by atoms with Crippen molar-refractivity contribution in [3.05, 3.63) is 68.2 Å². The molecule has 0 aliphatic heterocycles. The second-order valence-corrected chi connectivity index (χ2v) is 5.86. The Morgan fingerprint density at radius 1 is 1.16 bits per heavy atom. The zero-order chi connectivity index (χ0) is 17.6. The van der Waals surface area contributed by atoms with E-state index in [9.17, 15) is 9.59 Å². The van der Waals surface area contributed by atoms with Crippen LogP contribution in [0, 0.1) is 0 Å². The smallest absolute Gasteiger partial charge is 0.316 e. The van der Waals surface area contributed by atoms with Crippen LogP contribution in [0.2, 0.25) is 5.02 Å². The Morgan fingerprint density at radius 3 is 2.76 bits per heavy atom. The number of aromatic nitrogens is 4. The third-order valence-electron chi connectivity index (χ3n) is 3.89. The molecule has 7 nitrogen and oxygen atoms in total. The highest BCUT2D eigenvalue weighted by atomic mass is 35.5. The van der Waals surface area contributed by atoms with Gasteiger partial charge in [0.2, 0.25) is 5.82 Å². The highest BCUT2D eigenvalue weighted by molar-refractivity contribution is 6.33. The Morgan fingerprint density at radius 2 is 1.96 bits per heavy atom. The summed E-state index contributed by atoms with van der Waals surface area (Å²) in [5.74, 6) is 0.654. The van der Waals surface area contributed by atoms with Gasteiger partial charge in [-0.25, -0.2) is 0 Å². The van der Waals surface area contributed by atoms with E-state index >= 15 is 0 Å². The molecule has 0 saturated heterocycles. The molecule has 2 aromatic heterocycles. The molecule has 0 radical (unpaired) electrons. The molecule has 0 saturated carbocycles. The summed E-state index contributed by atoms with van der Waals surface area (Å²) >= 11 is 6.14. The maximum Gasteiger partial charge on any atom is 0.316 e. The highest BCUT2D eigenvalue weighted by Crippen LogP contribution is 2.28. The Hall–Kier alpha value is -3.19. The molecule has 0 unspecified atom stereocenters. The van der Waals surface area contributed by atoms with Crippen molar-refractivity contribution in [2.45, 2.75) is 0 Å². The lowest BCUT2D eigenvalue weighted by atomic mass is 10.1. The van der Waals surface area contributed by atoms with Gasteiger partial charge in [-0.1, -0.05) is 28.9 Å². The zero-order valence-electron chi connectivity index (χ0n) is 13.0. The minimum absolute atomic E-state index is 0.301. The number of aryl methyl sites for hydroxylation is 1. The number of nitrogens with zero attached hydrogens (tertiary/aromatic N) is 3. The van der Waals surface area contributed by atoms with Crippen molar-refractivity contribution >= 4 is 22.6 Å². The van der Waals surface area contributed by atoms with Crippen molar-refractivity contribution in [2.24, 2.45) is 7.05 Å². The van der Waals surface area contributed by atoms with Crippen molar-refractivity contribution in [2.75, 3.05) is 0 Å². The number of hydrogen-bond acceptors (Lipinski definition) is 5. The van der Waals surface area contributed by atoms with Gasteiger partial charge in [0.05, 0.1) is 21.6 Å². The van der Waals surface area contributed by atoms with Gasteiger partial charge in [0.15, 0.2) is 0 Å². The van der Waals surface area contributed by atoms with Gasteiger partial charge >= 0.3 is 11.1 Å². The van der Waals surface area contributed by atoms with E-state index in [4.69, 9.17) is 16.1 Å². The predicted octanol–water partition coefficient (Wildman–Crippen LogP) is 2.60. The van der Waals surface area contributed by atoms with Gasteiger partial charge in [-0.3, -0.25) is 9.59 Å². The Balaban J connectivity index is 1.83. The van der Waals surface area contributed by atoms with E-state index in [-0.39, 0.29) is 0 Å². The first kappa shape index (κ1) is 15.3. The van der Waals surface area contributed by atoms with Crippen LogP contribution in [0.15, 0.2) is 56.6 Å². The van der Waals surface area contributed by atoms with Crippen LogP contribution in [-0.2, 0) is 7.05 Å².